The predicted molar refractivity (Wildman–Crippen MR) is 73.5 cm³/mol. The van der Waals surface area contributed by atoms with Gasteiger partial charge < -0.3 is 14.6 Å². The van der Waals surface area contributed by atoms with Gasteiger partial charge in [0.25, 0.3) is 0 Å². The highest BCUT2D eigenvalue weighted by atomic mass is 16.5. The molecule has 20 heavy (non-hydrogen) atoms. The van der Waals surface area contributed by atoms with Crippen molar-refractivity contribution in [2.45, 2.75) is 13.3 Å². The largest absolute Gasteiger partial charge is 0.490 e. The standard InChI is InChI=1S/C15H15NO4/c1-2-10-19-11-6-3-4-7-12(11)20-13-8-5-9-16-14(13)15(17)18/h3-9H,2,10H2,1H3,(H,17,18). The van der Waals surface area contributed by atoms with Gasteiger partial charge in [-0.1, -0.05) is 19.1 Å². The zero-order valence-electron chi connectivity index (χ0n) is 11.1. The first kappa shape index (κ1) is 13.9. The molecule has 5 heteroatoms. The van der Waals surface area contributed by atoms with Crippen molar-refractivity contribution in [3.8, 4) is 17.2 Å². The first-order valence-electron chi connectivity index (χ1n) is 6.30. The molecule has 0 spiro atoms. The number of hydrogen-bond acceptors (Lipinski definition) is 4. The fourth-order valence-corrected chi connectivity index (χ4v) is 1.62. The van der Waals surface area contributed by atoms with E-state index in [0.717, 1.165) is 6.42 Å². The van der Waals surface area contributed by atoms with Crippen LogP contribution < -0.4 is 9.47 Å². The summed E-state index contributed by atoms with van der Waals surface area (Å²) in [6, 6.07) is 10.3. The van der Waals surface area contributed by atoms with Crippen molar-refractivity contribution in [3.63, 3.8) is 0 Å². The molecule has 1 N–H and O–H groups in total. The Balaban J connectivity index is 2.28. The van der Waals surface area contributed by atoms with Crippen LogP contribution in [0.1, 0.15) is 23.8 Å². The number of para-hydroxylation sites is 2. The summed E-state index contributed by atoms with van der Waals surface area (Å²) in [5.41, 5.74) is -0.127. The maximum atomic E-state index is 11.1. The number of carboxylic acid groups (broad SMARTS) is 1. The van der Waals surface area contributed by atoms with E-state index >= 15 is 0 Å². The molecule has 0 unspecified atom stereocenters. The summed E-state index contributed by atoms with van der Waals surface area (Å²) in [6.07, 6.45) is 2.29. The van der Waals surface area contributed by atoms with Crippen molar-refractivity contribution < 1.29 is 19.4 Å². The lowest BCUT2D eigenvalue weighted by Crippen LogP contribution is -2.03. The van der Waals surface area contributed by atoms with Gasteiger partial charge in [-0.25, -0.2) is 9.78 Å². The molecule has 104 valence electrons. The molecule has 0 radical (unpaired) electrons. The minimum absolute atomic E-state index is 0.127. The quantitative estimate of drug-likeness (QED) is 0.874. The summed E-state index contributed by atoms with van der Waals surface area (Å²) in [7, 11) is 0. The van der Waals surface area contributed by atoms with Gasteiger partial charge >= 0.3 is 5.97 Å². The minimum atomic E-state index is -1.13. The molecular formula is C15H15NO4. The van der Waals surface area contributed by atoms with Crippen LogP contribution in [0, 0.1) is 0 Å². The summed E-state index contributed by atoms with van der Waals surface area (Å²) in [4.78, 5) is 14.9. The maximum absolute atomic E-state index is 11.1. The second-order valence-electron chi connectivity index (χ2n) is 4.05. The highest BCUT2D eigenvalue weighted by molar-refractivity contribution is 5.88. The van der Waals surface area contributed by atoms with E-state index in [-0.39, 0.29) is 11.4 Å². The lowest BCUT2D eigenvalue weighted by atomic mass is 10.3. The topological polar surface area (TPSA) is 68.7 Å². The summed E-state index contributed by atoms with van der Waals surface area (Å²) in [6.45, 7) is 2.58. The number of ether oxygens (including phenoxy) is 2. The van der Waals surface area contributed by atoms with Gasteiger partial charge in [-0.3, -0.25) is 0 Å². The van der Waals surface area contributed by atoms with Crippen LogP contribution in [0.2, 0.25) is 0 Å². The molecule has 1 heterocycles. The summed E-state index contributed by atoms with van der Waals surface area (Å²) < 4.78 is 11.2. The van der Waals surface area contributed by atoms with Crippen molar-refractivity contribution >= 4 is 5.97 Å². The molecule has 0 bridgehead atoms. The van der Waals surface area contributed by atoms with E-state index in [1.54, 1.807) is 30.3 Å². The number of carbonyl (C=O) groups is 1. The Kier molecular flexibility index (Phi) is 4.55. The van der Waals surface area contributed by atoms with Gasteiger partial charge in [0.15, 0.2) is 22.9 Å². The van der Waals surface area contributed by atoms with Gasteiger partial charge in [0, 0.05) is 6.20 Å². The van der Waals surface area contributed by atoms with E-state index in [4.69, 9.17) is 14.6 Å². The first-order valence-corrected chi connectivity index (χ1v) is 6.30. The SMILES string of the molecule is CCCOc1ccccc1Oc1cccnc1C(=O)O. The first-order chi connectivity index (χ1) is 9.72. The third-order valence-corrected chi connectivity index (χ3v) is 2.50. The van der Waals surface area contributed by atoms with Gasteiger partial charge in [0.2, 0.25) is 0 Å². The van der Waals surface area contributed by atoms with Crippen LogP contribution in [0.4, 0.5) is 0 Å². The summed E-state index contributed by atoms with van der Waals surface area (Å²) >= 11 is 0. The average molecular weight is 273 g/mol. The molecule has 1 aromatic carbocycles. The Hall–Kier alpha value is -2.56. The van der Waals surface area contributed by atoms with Crippen LogP contribution in [0.25, 0.3) is 0 Å². The zero-order valence-corrected chi connectivity index (χ0v) is 11.1. The number of benzene rings is 1. The van der Waals surface area contributed by atoms with Crippen LogP contribution in [-0.2, 0) is 0 Å². The molecule has 0 saturated carbocycles. The molecule has 0 atom stereocenters. The molecule has 0 aliphatic rings. The van der Waals surface area contributed by atoms with E-state index in [1.807, 2.05) is 13.0 Å². The summed E-state index contributed by atoms with van der Waals surface area (Å²) in [5.74, 6) is 0.103. The fraction of sp³-hybridized carbons (Fsp3) is 0.200. The van der Waals surface area contributed by atoms with Crippen molar-refractivity contribution in [2.75, 3.05) is 6.61 Å². The fourth-order valence-electron chi connectivity index (χ4n) is 1.62. The molecule has 0 aliphatic carbocycles. The predicted octanol–water partition coefficient (Wildman–Crippen LogP) is 3.36. The van der Waals surface area contributed by atoms with Gasteiger partial charge in [-0.2, -0.15) is 0 Å². The van der Waals surface area contributed by atoms with E-state index in [1.165, 1.54) is 6.20 Å². The van der Waals surface area contributed by atoms with Crippen molar-refractivity contribution in [1.82, 2.24) is 4.98 Å². The van der Waals surface area contributed by atoms with E-state index in [0.29, 0.717) is 18.1 Å². The molecule has 2 aromatic rings. The number of hydrogen-bond donors (Lipinski definition) is 1. The summed E-state index contributed by atoms with van der Waals surface area (Å²) in [5, 5.41) is 9.08. The van der Waals surface area contributed by atoms with Crippen LogP contribution in [0.3, 0.4) is 0 Å². The Labute approximate surface area is 116 Å². The zero-order chi connectivity index (χ0) is 14.4. The average Bonchev–Trinajstić information content (AvgIpc) is 2.47. The minimum Gasteiger partial charge on any atom is -0.490 e. The molecule has 5 nitrogen and oxygen atoms in total. The molecule has 0 saturated heterocycles. The second-order valence-corrected chi connectivity index (χ2v) is 4.05. The van der Waals surface area contributed by atoms with Crippen LogP contribution in [-0.4, -0.2) is 22.7 Å². The lowest BCUT2D eigenvalue weighted by molar-refractivity contribution is 0.0687. The number of carboxylic acids is 1. The monoisotopic (exact) mass is 273 g/mol. The Bertz CT molecular complexity index is 598. The Morgan fingerprint density at radius 3 is 2.55 bits per heavy atom. The van der Waals surface area contributed by atoms with Gasteiger partial charge in [-0.15, -0.1) is 0 Å². The third-order valence-electron chi connectivity index (χ3n) is 2.50. The normalized spacial score (nSPS) is 10.1. The van der Waals surface area contributed by atoms with Crippen molar-refractivity contribution in [3.05, 3.63) is 48.3 Å². The highest BCUT2D eigenvalue weighted by Crippen LogP contribution is 2.32. The molecular weight excluding hydrogens is 258 g/mol. The maximum Gasteiger partial charge on any atom is 0.358 e. The second kappa shape index (κ2) is 6.56. The van der Waals surface area contributed by atoms with Crippen molar-refractivity contribution in [2.24, 2.45) is 0 Å². The lowest BCUT2D eigenvalue weighted by Gasteiger charge is -2.12. The Morgan fingerprint density at radius 2 is 1.85 bits per heavy atom. The molecule has 1 aromatic heterocycles. The number of pyridine rings is 1. The van der Waals surface area contributed by atoms with Gasteiger partial charge in [-0.05, 0) is 30.7 Å². The van der Waals surface area contributed by atoms with Crippen LogP contribution >= 0.6 is 0 Å². The number of nitrogens with zero attached hydrogens (tertiary/aromatic N) is 1. The van der Waals surface area contributed by atoms with Gasteiger partial charge in [0.1, 0.15) is 0 Å². The van der Waals surface area contributed by atoms with Crippen molar-refractivity contribution in [1.29, 1.82) is 0 Å². The van der Waals surface area contributed by atoms with E-state index < -0.39 is 5.97 Å². The highest BCUT2D eigenvalue weighted by Gasteiger charge is 2.14. The molecule has 0 fully saturated rings. The van der Waals surface area contributed by atoms with Crippen LogP contribution in [0.15, 0.2) is 42.6 Å². The number of aromatic nitrogens is 1. The smallest absolute Gasteiger partial charge is 0.358 e. The molecule has 0 amide bonds. The van der Waals surface area contributed by atoms with Crippen LogP contribution in [0.5, 0.6) is 17.2 Å². The third kappa shape index (κ3) is 3.26. The number of aromatic carboxylic acids is 1. The van der Waals surface area contributed by atoms with E-state index in [9.17, 15) is 4.79 Å². The van der Waals surface area contributed by atoms with Gasteiger partial charge in [0.05, 0.1) is 6.61 Å². The molecule has 2 rings (SSSR count). The number of rotatable bonds is 6. The Morgan fingerprint density at radius 1 is 1.15 bits per heavy atom. The molecule has 0 aliphatic heterocycles. The van der Waals surface area contributed by atoms with E-state index in [2.05, 4.69) is 4.98 Å².